The highest BCUT2D eigenvalue weighted by Crippen LogP contribution is 2.23. The van der Waals surface area contributed by atoms with Gasteiger partial charge in [-0.1, -0.05) is 32.0 Å². The number of nitriles is 1. The van der Waals surface area contributed by atoms with Crippen molar-refractivity contribution in [3.8, 4) is 6.07 Å². The molecule has 0 saturated heterocycles. The molecule has 3 rings (SSSR count). The summed E-state index contributed by atoms with van der Waals surface area (Å²) in [6.07, 6.45) is 1.66. The van der Waals surface area contributed by atoms with Crippen molar-refractivity contribution in [1.82, 2.24) is 9.97 Å². The molecule has 6 heteroatoms. The zero-order valence-electron chi connectivity index (χ0n) is 16.8. The second-order valence-electron chi connectivity index (χ2n) is 6.64. The Hall–Kier alpha value is -3.72. The average molecular weight is 385 g/mol. The number of aromatic nitrogens is 2. The largest absolute Gasteiger partial charge is 0.324 e. The van der Waals surface area contributed by atoms with Crippen LogP contribution >= 0.6 is 0 Å². The third-order valence-corrected chi connectivity index (χ3v) is 4.59. The summed E-state index contributed by atoms with van der Waals surface area (Å²) < 4.78 is 0. The summed E-state index contributed by atoms with van der Waals surface area (Å²) in [7, 11) is 0. The fourth-order valence-electron chi connectivity index (χ4n) is 3.08. The molecule has 0 fully saturated rings. The van der Waals surface area contributed by atoms with Crippen molar-refractivity contribution in [3.05, 3.63) is 76.6 Å². The average Bonchev–Trinajstić information content (AvgIpc) is 2.74. The zero-order valence-corrected chi connectivity index (χ0v) is 16.8. The normalized spacial score (nSPS) is 10.3. The lowest BCUT2D eigenvalue weighted by Gasteiger charge is -2.15. The molecule has 2 aromatic carbocycles. The number of anilines is 3. The van der Waals surface area contributed by atoms with Gasteiger partial charge in [0, 0.05) is 17.1 Å². The third kappa shape index (κ3) is 4.77. The predicted octanol–water partition coefficient (Wildman–Crippen LogP) is 4.78. The molecule has 0 atom stereocenters. The van der Waals surface area contributed by atoms with Crippen LogP contribution in [0.25, 0.3) is 0 Å². The number of nitrogens with one attached hydrogen (secondary N) is 2. The van der Waals surface area contributed by atoms with Crippen LogP contribution in [0.3, 0.4) is 0 Å². The first-order chi connectivity index (χ1) is 14.0. The minimum atomic E-state index is -0.269. The van der Waals surface area contributed by atoms with Crippen LogP contribution in [0.5, 0.6) is 0 Å². The van der Waals surface area contributed by atoms with E-state index in [1.54, 1.807) is 30.3 Å². The molecule has 29 heavy (non-hydrogen) atoms. The van der Waals surface area contributed by atoms with E-state index in [2.05, 4.69) is 40.5 Å². The van der Waals surface area contributed by atoms with Gasteiger partial charge in [-0.25, -0.2) is 9.97 Å². The Morgan fingerprint density at radius 1 is 1.03 bits per heavy atom. The fraction of sp³-hybridized carbons (Fsp3) is 0.217. The Balaban J connectivity index is 1.86. The van der Waals surface area contributed by atoms with Gasteiger partial charge in [0.1, 0.15) is 5.69 Å². The monoisotopic (exact) mass is 385 g/mol. The highest BCUT2D eigenvalue weighted by Gasteiger charge is 2.15. The quantitative estimate of drug-likeness (QED) is 0.637. The number of carbonyl (C=O) groups excluding carboxylic acids is 1. The molecule has 146 valence electrons. The van der Waals surface area contributed by atoms with Gasteiger partial charge in [-0.3, -0.25) is 4.79 Å². The van der Waals surface area contributed by atoms with Crippen LogP contribution in [0, 0.1) is 18.3 Å². The lowest BCUT2D eigenvalue weighted by Crippen LogP contribution is -2.17. The van der Waals surface area contributed by atoms with E-state index < -0.39 is 0 Å². The Labute approximate surface area is 170 Å². The number of hydrogen-bond acceptors (Lipinski definition) is 5. The first-order valence-electron chi connectivity index (χ1n) is 9.59. The minimum Gasteiger partial charge on any atom is -0.324 e. The number of nitrogens with zero attached hydrogens (tertiary/aromatic N) is 3. The Morgan fingerprint density at radius 2 is 1.69 bits per heavy atom. The molecule has 0 bridgehead atoms. The fourth-order valence-corrected chi connectivity index (χ4v) is 3.08. The first kappa shape index (κ1) is 20.0. The number of benzene rings is 2. The van der Waals surface area contributed by atoms with Crippen molar-refractivity contribution in [1.29, 1.82) is 5.26 Å². The van der Waals surface area contributed by atoms with Gasteiger partial charge in [0.25, 0.3) is 5.91 Å². The van der Waals surface area contributed by atoms with E-state index >= 15 is 0 Å². The molecule has 0 radical (unpaired) electrons. The highest BCUT2D eigenvalue weighted by molar-refractivity contribution is 6.04. The van der Waals surface area contributed by atoms with Gasteiger partial charge in [-0.2, -0.15) is 5.26 Å². The Morgan fingerprint density at radius 3 is 2.28 bits per heavy atom. The van der Waals surface area contributed by atoms with Crippen LogP contribution in [-0.2, 0) is 12.8 Å². The SMILES string of the molecule is CCc1cccc(CC)c1NC(=O)c1cc(C)nc(Nc2ccc(C#N)cc2)n1. The van der Waals surface area contributed by atoms with Crippen LogP contribution in [0.1, 0.15) is 46.7 Å². The summed E-state index contributed by atoms with van der Waals surface area (Å²) in [6, 6.07) is 16.8. The molecule has 0 spiro atoms. The number of rotatable bonds is 6. The number of carbonyl (C=O) groups is 1. The van der Waals surface area contributed by atoms with E-state index in [4.69, 9.17) is 5.26 Å². The van der Waals surface area contributed by atoms with Crippen molar-refractivity contribution >= 4 is 23.2 Å². The molecular formula is C23H23N5O. The van der Waals surface area contributed by atoms with Gasteiger partial charge in [-0.15, -0.1) is 0 Å². The van der Waals surface area contributed by atoms with Gasteiger partial charge < -0.3 is 10.6 Å². The number of para-hydroxylation sites is 1. The smallest absolute Gasteiger partial charge is 0.274 e. The molecule has 0 saturated carbocycles. The zero-order chi connectivity index (χ0) is 20.8. The van der Waals surface area contributed by atoms with E-state index in [-0.39, 0.29) is 5.91 Å². The number of aryl methyl sites for hydroxylation is 3. The van der Waals surface area contributed by atoms with Crippen molar-refractivity contribution < 1.29 is 4.79 Å². The van der Waals surface area contributed by atoms with E-state index in [0.717, 1.165) is 35.3 Å². The van der Waals surface area contributed by atoms with Crippen LogP contribution in [0.15, 0.2) is 48.5 Å². The maximum Gasteiger partial charge on any atom is 0.274 e. The van der Waals surface area contributed by atoms with Crippen LogP contribution in [-0.4, -0.2) is 15.9 Å². The van der Waals surface area contributed by atoms with Crippen molar-refractivity contribution in [2.24, 2.45) is 0 Å². The topological polar surface area (TPSA) is 90.7 Å². The molecule has 0 aliphatic rings. The molecule has 6 nitrogen and oxygen atoms in total. The summed E-state index contributed by atoms with van der Waals surface area (Å²) in [5.74, 6) is 0.0633. The maximum atomic E-state index is 12.9. The lowest BCUT2D eigenvalue weighted by molar-refractivity contribution is 0.102. The van der Waals surface area contributed by atoms with E-state index in [1.807, 2.05) is 25.1 Å². The molecule has 0 aliphatic heterocycles. The molecular weight excluding hydrogens is 362 g/mol. The standard InChI is InChI=1S/C23H23N5O/c1-4-17-7-6-8-18(5-2)21(17)28-22(29)20-13-15(3)25-23(27-20)26-19-11-9-16(14-24)10-12-19/h6-13H,4-5H2,1-3H3,(H,28,29)(H,25,26,27). The summed E-state index contributed by atoms with van der Waals surface area (Å²) in [5, 5.41) is 15.0. The van der Waals surface area contributed by atoms with Gasteiger partial charge in [0.05, 0.1) is 11.6 Å². The lowest BCUT2D eigenvalue weighted by atomic mass is 10.0. The predicted molar refractivity (Wildman–Crippen MR) is 114 cm³/mol. The minimum absolute atomic E-state index is 0.269. The summed E-state index contributed by atoms with van der Waals surface area (Å²) in [5.41, 5.74) is 5.34. The number of hydrogen-bond donors (Lipinski definition) is 2. The molecule has 1 aromatic heterocycles. The van der Waals surface area contributed by atoms with E-state index in [9.17, 15) is 4.79 Å². The first-order valence-corrected chi connectivity index (χ1v) is 9.59. The summed E-state index contributed by atoms with van der Waals surface area (Å²) in [6.45, 7) is 5.96. The van der Waals surface area contributed by atoms with Crippen LogP contribution < -0.4 is 10.6 Å². The summed E-state index contributed by atoms with van der Waals surface area (Å²) >= 11 is 0. The van der Waals surface area contributed by atoms with Crippen molar-refractivity contribution in [2.75, 3.05) is 10.6 Å². The van der Waals surface area contributed by atoms with Gasteiger partial charge in [0.2, 0.25) is 5.95 Å². The summed E-state index contributed by atoms with van der Waals surface area (Å²) in [4.78, 5) is 21.7. The second-order valence-corrected chi connectivity index (χ2v) is 6.64. The van der Waals surface area contributed by atoms with Crippen LogP contribution in [0.4, 0.5) is 17.3 Å². The maximum absolute atomic E-state index is 12.9. The van der Waals surface area contributed by atoms with Gasteiger partial charge >= 0.3 is 0 Å². The second kappa shape index (κ2) is 8.98. The van der Waals surface area contributed by atoms with E-state index in [0.29, 0.717) is 22.9 Å². The Kier molecular flexibility index (Phi) is 6.20. The molecule has 3 aromatic rings. The molecule has 2 N–H and O–H groups in total. The molecule has 0 unspecified atom stereocenters. The van der Waals surface area contributed by atoms with Crippen molar-refractivity contribution in [3.63, 3.8) is 0 Å². The van der Waals surface area contributed by atoms with Gasteiger partial charge in [0.15, 0.2) is 0 Å². The number of amides is 1. The highest BCUT2D eigenvalue weighted by atomic mass is 16.1. The Bertz CT molecular complexity index is 1050. The third-order valence-electron chi connectivity index (χ3n) is 4.59. The van der Waals surface area contributed by atoms with Gasteiger partial charge in [-0.05, 0) is 61.2 Å². The molecule has 1 amide bonds. The molecule has 0 aliphatic carbocycles. The van der Waals surface area contributed by atoms with Crippen molar-refractivity contribution in [2.45, 2.75) is 33.6 Å². The molecule has 1 heterocycles. The van der Waals surface area contributed by atoms with E-state index in [1.165, 1.54) is 0 Å². The van der Waals surface area contributed by atoms with Crippen LogP contribution in [0.2, 0.25) is 0 Å².